The lowest BCUT2D eigenvalue weighted by Crippen LogP contribution is -2.24. The lowest BCUT2D eigenvalue weighted by molar-refractivity contribution is 0.257. The van der Waals surface area contributed by atoms with Crippen molar-refractivity contribution < 1.29 is 0 Å². The number of aromatic nitrogens is 1. The summed E-state index contributed by atoms with van der Waals surface area (Å²) in [7, 11) is 0. The van der Waals surface area contributed by atoms with Gasteiger partial charge in [0.1, 0.15) is 5.82 Å². The fourth-order valence-corrected chi connectivity index (χ4v) is 2.86. The lowest BCUT2D eigenvalue weighted by Gasteiger charge is -2.24. The molecule has 0 amide bonds. The molecule has 1 aromatic rings. The number of unbranched alkanes of at least 4 members (excludes halogenated alkanes) is 1. The van der Waals surface area contributed by atoms with Crippen LogP contribution in [0, 0.1) is 0 Å². The number of hydrogen-bond donors (Lipinski definition) is 1. The van der Waals surface area contributed by atoms with Gasteiger partial charge in [0.25, 0.3) is 0 Å². The molecule has 0 spiro atoms. The second-order valence-corrected chi connectivity index (χ2v) is 5.45. The van der Waals surface area contributed by atoms with Crippen molar-refractivity contribution in [2.45, 2.75) is 52.0 Å². The Morgan fingerprint density at radius 3 is 2.89 bits per heavy atom. The van der Waals surface area contributed by atoms with E-state index in [4.69, 9.17) is 0 Å². The molecule has 0 radical (unpaired) electrons. The Bertz CT molecular complexity index is 361. The number of rotatable bonds is 7. The molecular weight excluding hydrogens is 234 g/mol. The van der Waals surface area contributed by atoms with Gasteiger partial charge in [0, 0.05) is 18.8 Å². The van der Waals surface area contributed by atoms with E-state index >= 15 is 0 Å². The van der Waals surface area contributed by atoms with Crippen molar-refractivity contribution in [2.75, 3.05) is 25.0 Å². The molecule has 19 heavy (non-hydrogen) atoms. The number of nitrogens with zero attached hydrogens (tertiary/aromatic N) is 2. The molecule has 2 heterocycles. The van der Waals surface area contributed by atoms with Crippen LogP contribution in [0.5, 0.6) is 0 Å². The third-order valence-electron chi connectivity index (χ3n) is 3.88. The molecule has 0 bridgehead atoms. The Morgan fingerprint density at radius 1 is 1.32 bits per heavy atom. The second-order valence-electron chi connectivity index (χ2n) is 5.45. The van der Waals surface area contributed by atoms with Crippen LogP contribution in [-0.2, 0) is 0 Å². The van der Waals surface area contributed by atoms with Gasteiger partial charge in [0.2, 0.25) is 0 Å². The fourth-order valence-electron chi connectivity index (χ4n) is 2.86. The van der Waals surface area contributed by atoms with Crippen LogP contribution in [0.2, 0.25) is 0 Å². The maximum absolute atomic E-state index is 4.55. The molecule has 1 unspecified atom stereocenters. The number of nitrogens with one attached hydrogen (secondary N) is 1. The fraction of sp³-hybridized carbons (Fsp3) is 0.688. The van der Waals surface area contributed by atoms with Gasteiger partial charge in [0.05, 0.1) is 0 Å². The summed E-state index contributed by atoms with van der Waals surface area (Å²) in [6, 6.07) is 4.98. The summed E-state index contributed by atoms with van der Waals surface area (Å²) in [5.41, 5.74) is 1.38. The maximum Gasteiger partial charge on any atom is 0.125 e. The molecule has 2 rings (SSSR count). The van der Waals surface area contributed by atoms with Crippen LogP contribution in [0.1, 0.15) is 57.6 Å². The Morgan fingerprint density at radius 2 is 2.21 bits per heavy atom. The van der Waals surface area contributed by atoms with Gasteiger partial charge < -0.3 is 5.32 Å². The molecule has 0 aromatic carbocycles. The highest BCUT2D eigenvalue weighted by molar-refractivity contribution is 5.36. The minimum absolute atomic E-state index is 0.595. The predicted molar refractivity (Wildman–Crippen MR) is 81.5 cm³/mol. The maximum atomic E-state index is 4.55. The third kappa shape index (κ3) is 3.93. The second kappa shape index (κ2) is 7.49. The van der Waals surface area contributed by atoms with Gasteiger partial charge in [-0.25, -0.2) is 4.98 Å². The largest absolute Gasteiger partial charge is 0.370 e. The van der Waals surface area contributed by atoms with E-state index in [1.807, 2.05) is 0 Å². The molecule has 1 aliphatic heterocycles. The molecule has 1 N–H and O–H groups in total. The summed E-state index contributed by atoms with van der Waals surface area (Å²) < 4.78 is 0. The summed E-state index contributed by atoms with van der Waals surface area (Å²) in [5.74, 6) is 1.01. The quantitative estimate of drug-likeness (QED) is 0.756. The Balaban J connectivity index is 1.93. The van der Waals surface area contributed by atoms with Gasteiger partial charge in [-0.2, -0.15) is 0 Å². The topological polar surface area (TPSA) is 28.2 Å². The first kappa shape index (κ1) is 14.3. The number of pyridine rings is 1. The minimum atomic E-state index is 0.595. The van der Waals surface area contributed by atoms with Crippen LogP contribution in [-0.4, -0.2) is 29.5 Å². The van der Waals surface area contributed by atoms with E-state index < -0.39 is 0 Å². The summed E-state index contributed by atoms with van der Waals surface area (Å²) in [5, 5.41) is 3.38. The Hall–Kier alpha value is -1.09. The van der Waals surface area contributed by atoms with E-state index in [1.165, 1.54) is 50.8 Å². The van der Waals surface area contributed by atoms with Crippen molar-refractivity contribution in [2.24, 2.45) is 0 Å². The van der Waals surface area contributed by atoms with Crippen LogP contribution >= 0.6 is 0 Å². The van der Waals surface area contributed by atoms with Crippen molar-refractivity contribution in [1.29, 1.82) is 0 Å². The van der Waals surface area contributed by atoms with E-state index in [0.717, 1.165) is 12.4 Å². The molecular formula is C16H27N3. The SMILES string of the molecule is CCCCNc1ccc(C2CCCN2CCC)cn1. The molecule has 1 saturated heterocycles. The van der Waals surface area contributed by atoms with Gasteiger partial charge in [0.15, 0.2) is 0 Å². The van der Waals surface area contributed by atoms with E-state index in [1.54, 1.807) is 0 Å². The number of anilines is 1. The smallest absolute Gasteiger partial charge is 0.125 e. The highest BCUT2D eigenvalue weighted by atomic mass is 15.2. The molecule has 1 aromatic heterocycles. The van der Waals surface area contributed by atoms with Crippen molar-refractivity contribution in [3.8, 4) is 0 Å². The Labute approximate surface area is 117 Å². The number of likely N-dealkylation sites (tertiary alicyclic amines) is 1. The monoisotopic (exact) mass is 261 g/mol. The van der Waals surface area contributed by atoms with Crippen molar-refractivity contribution in [3.63, 3.8) is 0 Å². The number of hydrogen-bond acceptors (Lipinski definition) is 3. The minimum Gasteiger partial charge on any atom is -0.370 e. The molecule has 106 valence electrons. The average molecular weight is 261 g/mol. The van der Waals surface area contributed by atoms with Crippen molar-refractivity contribution in [3.05, 3.63) is 23.9 Å². The van der Waals surface area contributed by atoms with Crippen molar-refractivity contribution in [1.82, 2.24) is 9.88 Å². The van der Waals surface area contributed by atoms with Crippen LogP contribution in [0.25, 0.3) is 0 Å². The van der Waals surface area contributed by atoms with Gasteiger partial charge >= 0.3 is 0 Å². The summed E-state index contributed by atoms with van der Waals surface area (Å²) >= 11 is 0. The molecule has 1 atom stereocenters. The Kier molecular flexibility index (Phi) is 5.64. The van der Waals surface area contributed by atoms with Crippen LogP contribution in [0.15, 0.2) is 18.3 Å². The molecule has 1 fully saturated rings. The first-order valence-electron chi connectivity index (χ1n) is 7.79. The normalized spacial score (nSPS) is 19.8. The highest BCUT2D eigenvalue weighted by Crippen LogP contribution is 2.31. The van der Waals surface area contributed by atoms with Gasteiger partial charge in [-0.15, -0.1) is 0 Å². The zero-order valence-corrected chi connectivity index (χ0v) is 12.4. The van der Waals surface area contributed by atoms with Gasteiger partial charge in [-0.05, 0) is 50.4 Å². The average Bonchev–Trinajstić information content (AvgIpc) is 2.89. The highest BCUT2D eigenvalue weighted by Gasteiger charge is 2.25. The summed E-state index contributed by atoms with van der Waals surface area (Å²) in [6.07, 6.45) is 8.33. The zero-order valence-electron chi connectivity index (χ0n) is 12.4. The third-order valence-corrected chi connectivity index (χ3v) is 3.88. The molecule has 0 saturated carbocycles. The zero-order chi connectivity index (χ0) is 13.5. The van der Waals surface area contributed by atoms with Crippen LogP contribution in [0.4, 0.5) is 5.82 Å². The van der Waals surface area contributed by atoms with E-state index in [-0.39, 0.29) is 0 Å². The summed E-state index contributed by atoms with van der Waals surface area (Å²) in [6.45, 7) is 7.94. The van der Waals surface area contributed by atoms with E-state index in [0.29, 0.717) is 6.04 Å². The lowest BCUT2D eigenvalue weighted by atomic mass is 10.1. The van der Waals surface area contributed by atoms with Crippen molar-refractivity contribution >= 4 is 5.82 Å². The molecule has 1 aliphatic rings. The first-order valence-corrected chi connectivity index (χ1v) is 7.79. The van der Waals surface area contributed by atoms with E-state index in [2.05, 4.69) is 47.4 Å². The van der Waals surface area contributed by atoms with Crippen LogP contribution < -0.4 is 5.32 Å². The van der Waals surface area contributed by atoms with E-state index in [9.17, 15) is 0 Å². The van der Waals surface area contributed by atoms with Gasteiger partial charge in [-0.1, -0.05) is 26.3 Å². The first-order chi connectivity index (χ1) is 9.35. The molecule has 3 heteroatoms. The molecule has 0 aliphatic carbocycles. The van der Waals surface area contributed by atoms with Gasteiger partial charge in [-0.3, -0.25) is 4.90 Å². The standard InChI is InChI=1S/C16H27N3/c1-3-5-10-17-16-9-8-14(13-18-16)15-7-6-12-19(15)11-4-2/h8-9,13,15H,3-7,10-12H2,1-2H3,(H,17,18). The predicted octanol–water partition coefficient (Wildman–Crippen LogP) is 3.84. The summed E-state index contributed by atoms with van der Waals surface area (Å²) in [4.78, 5) is 7.15. The molecule has 3 nitrogen and oxygen atoms in total. The van der Waals surface area contributed by atoms with Crippen LogP contribution in [0.3, 0.4) is 0 Å².